The number of hydrogen-bond acceptors (Lipinski definition) is 6. The summed E-state index contributed by atoms with van der Waals surface area (Å²) < 4.78 is 16.2. The van der Waals surface area contributed by atoms with Gasteiger partial charge >= 0.3 is 5.97 Å². The van der Waals surface area contributed by atoms with Crippen LogP contribution in [0.3, 0.4) is 0 Å². The van der Waals surface area contributed by atoms with Gasteiger partial charge in [-0.2, -0.15) is 5.26 Å². The van der Waals surface area contributed by atoms with Crippen molar-refractivity contribution >= 4 is 18.0 Å². The highest BCUT2D eigenvalue weighted by molar-refractivity contribution is 6.01. The summed E-state index contributed by atoms with van der Waals surface area (Å²) in [4.78, 5) is 24.2. The van der Waals surface area contributed by atoms with Gasteiger partial charge < -0.3 is 19.5 Å². The zero-order chi connectivity index (χ0) is 22.8. The Morgan fingerprint density at radius 2 is 1.94 bits per heavy atom. The molecule has 7 heteroatoms. The Kier molecular flexibility index (Phi) is 8.41. The topological polar surface area (TPSA) is 97.7 Å². The first-order valence-electron chi connectivity index (χ1n) is 9.48. The number of benzene rings is 2. The van der Waals surface area contributed by atoms with E-state index in [1.165, 1.54) is 25.3 Å². The van der Waals surface area contributed by atoms with Crippen LogP contribution in [0.25, 0.3) is 6.08 Å². The molecule has 0 aliphatic rings. The molecule has 0 radical (unpaired) electrons. The van der Waals surface area contributed by atoms with Gasteiger partial charge in [-0.05, 0) is 54.8 Å². The van der Waals surface area contributed by atoms with Crippen LogP contribution in [0.15, 0.2) is 54.6 Å². The third-order valence-corrected chi connectivity index (χ3v) is 4.39. The average Bonchev–Trinajstić information content (AvgIpc) is 2.77. The van der Waals surface area contributed by atoms with Crippen molar-refractivity contribution in [3.8, 4) is 23.3 Å². The van der Waals surface area contributed by atoms with Crippen LogP contribution in [0.4, 0.5) is 0 Å². The minimum absolute atomic E-state index is 0.0735. The first kappa shape index (κ1) is 23.2. The molecule has 1 amide bonds. The second kappa shape index (κ2) is 11.2. The normalized spacial score (nSPS) is 10.6. The Balaban J connectivity index is 2.10. The Morgan fingerprint density at radius 1 is 1.16 bits per heavy atom. The second-order valence-electron chi connectivity index (χ2n) is 6.54. The molecule has 160 valence electrons. The maximum absolute atomic E-state index is 12.2. The molecule has 0 atom stereocenters. The molecule has 2 rings (SSSR count). The van der Waals surface area contributed by atoms with E-state index in [1.807, 2.05) is 32.0 Å². The first-order chi connectivity index (χ1) is 14.9. The molecule has 2 aromatic rings. The van der Waals surface area contributed by atoms with E-state index < -0.39 is 11.9 Å². The van der Waals surface area contributed by atoms with Crippen LogP contribution in [-0.2, 0) is 9.59 Å². The fraction of sp³-hybridized carbons (Fsp3) is 0.208. The quantitative estimate of drug-likeness (QED) is 0.219. The first-order valence-corrected chi connectivity index (χ1v) is 9.48. The molecule has 0 aromatic heterocycles. The van der Waals surface area contributed by atoms with E-state index >= 15 is 0 Å². The summed E-state index contributed by atoms with van der Waals surface area (Å²) in [5.41, 5.74) is 2.48. The summed E-state index contributed by atoms with van der Waals surface area (Å²) in [6.45, 7) is 7.37. The van der Waals surface area contributed by atoms with Crippen LogP contribution in [0.1, 0.15) is 16.7 Å². The van der Waals surface area contributed by atoms with Gasteiger partial charge in [-0.3, -0.25) is 4.79 Å². The van der Waals surface area contributed by atoms with Crippen molar-refractivity contribution in [3.05, 3.63) is 71.3 Å². The number of ether oxygens (including phenoxy) is 3. The molecule has 0 saturated heterocycles. The highest BCUT2D eigenvalue weighted by Crippen LogP contribution is 2.29. The minimum atomic E-state index is -0.594. The van der Waals surface area contributed by atoms with Crippen molar-refractivity contribution in [2.45, 2.75) is 13.8 Å². The van der Waals surface area contributed by atoms with Crippen molar-refractivity contribution in [3.63, 3.8) is 0 Å². The van der Waals surface area contributed by atoms with Crippen LogP contribution in [0.5, 0.6) is 17.2 Å². The SMILES string of the molecule is C=CCNC(=O)/C(C#N)=C/c1ccc(OC(=O)COc2cccc(C)c2C)c(OC)c1. The maximum Gasteiger partial charge on any atom is 0.349 e. The highest BCUT2D eigenvalue weighted by atomic mass is 16.6. The highest BCUT2D eigenvalue weighted by Gasteiger charge is 2.14. The maximum atomic E-state index is 12.2. The lowest BCUT2D eigenvalue weighted by atomic mass is 10.1. The fourth-order valence-corrected chi connectivity index (χ4v) is 2.60. The lowest BCUT2D eigenvalue weighted by molar-refractivity contribution is -0.136. The second-order valence-corrected chi connectivity index (χ2v) is 6.54. The molecular weight excluding hydrogens is 396 g/mol. The third kappa shape index (κ3) is 6.47. The zero-order valence-electron chi connectivity index (χ0n) is 17.7. The lowest BCUT2D eigenvalue weighted by Crippen LogP contribution is -2.24. The van der Waals surface area contributed by atoms with E-state index in [9.17, 15) is 14.9 Å². The Hall–Kier alpha value is -4.05. The molecule has 0 aliphatic heterocycles. The summed E-state index contributed by atoms with van der Waals surface area (Å²) in [6, 6.07) is 12.1. The molecule has 1 N–H and O–H groups in total. The molecule has 2 aromatic carbocycles. The molecule has 0 heterocycles. The molecule has 7 nitrogen and oxygen atoms in total. The van der Waals surface area contributed by atoms with E-state index in [-0.39, 0.29) is 30.2 Å². The van der Waals surface area contributed by atoms with Crippen molar-refractivity contribution in [1.29, 1.82) is 5.26 Å². The van der Waals surface area contributed by atoms with E-state index in [2.05, 4.69) is 11.9 Å². The number of nitrogens with zero attached hydrogens (tertiary/aromatic N) is 1. The monoisotopic (exact) mass is 420 g/mol. The Bertz CT molecular complexity index is 1050. The Labute approximate surface area is 181 Å². The Morgan fingerprint density at radius 3 is 2.61 bits per heavy atom. The van der Waals surface area contributed by atoms with Crippen molar-refractivity contribution in [2.75, 3.05) is 20.3 Å². The lowest BCUT2D eigenvalue weighted by Gasteiger charge is -2.12. The van der Waals surface area contributed by atoms with Gasteiger partial charge in [0, 0.05) is 6.54 Å². The molecule has 0 unspecified atom stereocenters. The molecular formula is C24H24N2O5. The number of amides is 1. The predicted octanol–water partition coefficient (Wildman–Crippen LogP) is 3.51. The van der Waals surface area contributed by atoms with E-state index in [0.717, 1.165) is 11.1 Å². The largest absolute Gasteiger partial charge is 0.493 e. The van der Waals surface area contributed by atoms with Crippen LogP contribution in [0, 0.1) is 25.2 Å². The van der Waals surface area contributed by atoms with Crippen LogP contribution < -0.4 is 19.5 Å². The fourth-order valence-electron chi connectivity index (χ4n) is 2.60. The number of aryl methyl sites for hydroxylation is 1. The predicted molar refractivity (Wildman–Crippen MR) is 117 cm³/mol. The van der Waals surface area contributed by atoms with Gasteiger partial charge in [-0.15, -0.1) is 6.58 Å². The smallest absolute Gasteiger partial charge is 0.349 e. The summed E-state index contributed by atoms with van der Waals surface area (Å²) >= 11 is 0. The number of rotatable bonds is 9. The van der Waals surface area contributed by atoms with Crippen LogP contribution >= 0.6 is 0 Å². The van der Waals surface area contributed by atoms with Gasteiger partial charge in [0.15, 0.2) is 18.1 Å². The molecule has 0 bridgehead atoms. The van der Waals surface area contributed by atoms with Gasteiger partial charge in [0.05, 0.1) is 7.11 Å². The third-order valence-electron chi connectivity index (χ3n) is 4.39. The van der Waals surface area contributed by atoms with Crippen molar-refractivity contribution in [1.82, 2.24) is 5.32 Å². The summed E-state index contributed by atoms with van der Waals surface area (Å²) in [6.07, 6.45) is 2.93. The van der Waals surface area contributed by atoms with Gasteiger partial charge in [0.2, 0.25) is 0 Å². The van der Waals surface area contributed by atoms with Crippen molar-refractivity contribution < 1.29 is 23.8 Å². The molecule has 0 fully saturated rings. The molecule has 0 aliphatic carbocycles. The van der Waals surface area contributed by atoms with E-state index in [0.29, 0.717) is 11.3 Å². The van der Waals surface area contributed by atoms with E-state index in [1.54, 1.807) is 18.2 Å². The number of esters is 1. The van der Waals surface area contributed by atoms with Crippen LogP contribution in [0.2, 0.25) is 0 Å². The van der Waals surface area contributed by atoms with Gasteiger partial charge in [-0.1, -0.05) is 24.3 Å². The number of carbonyl (C=O) groups is 2. The zero-order valence-corrected chi connectivity index (χ0v) is 17.7. The summed E-state index contributed by atoms with van der Waals surface area (Å²) in [5.74, 6) is -0.0194. The van der Waals surface area contributed by atoms with Gasteiger partial charge in [-0.25, -0.2) is 4.79 Å². The summed E-state index contributed by atoms with van der Waals surface area (Å²) in [5, 5.41) is 11.8. The number of nitrogens with one attached hydrogen (secondary N) is 1. The minimum Gasteiger partial charge on any atom is -0.493 e. The van der Waals surface area contributed by atoms with Crippen molar-refractivity contribution in [2.24, 2.45) is 0 Å². The number of nitriles is 1. The number of methoxy groups -OCH3 is 1. The molecule has 0 saturated carbocycles. The van der Waals surface area contributed by atoms with Crippen LogP contribution in [-0.4, -0.2) is 32.1 Å². The van der Waals surface area contributed by atoms with E-state index in [4.69, 9.17) is 14.2 Å². The molecule has 0 spiro atoms. The average molecular weight is 420 g/mol. The standard InChI is InChI=1S/C24H24N2O5/c1-5-11-26-24(28)19(14-25)12-18-9-10-21(22(13-18)29-4)31-23(27)15-30-20-8-6-7-16(2)17(20)3/h5-10,12-13H,1,11,15H2,2-4H3,(H,26,28)/b19-12+. The van der Waals surface area contributed by atoms with Gasteiger partial charge in [0.1, 0.15) is 17.4 Å². The summed E-state index contributed by atoms with van der Waals surface area (Å²) in [7, 11) is 1.43. The number of carbonyl (C=O) groups excluding carboxylic acids is 2. The molecule has 31 heavy (non-hydrogen) atoms. The number of hydrogen-bond donors (Lipinski definition) is 1. The van der Waals surface area contributed by atoms with Gasteiger partial charge in [0.25, 0.3) is 5.91 Å².